The van der Waals surface area contributed by atoms with Crippen LogP contribution in [0.5, 0.6) is 0 Å². The Balaban J connectivity index is 1.62. The molecule has 0 radical (unpaired) electrons. The van der Waals surface area contributed by atoms with Gasteiger partial charge in [-0.1, -0.05) is 11.6 Å². The highest BCUT2D eigenvalue weighted by molar-refractivity contribution is 7.09. The van der Waals surface area contributed by atoms with Crippen LogP contribution in [0.25, 0.3) is 0 Å². The predicted molar refractivity (Wildman–Crippen MR) is 81.4 cm³/mol. The van der Waals surface area contributed by atoms with Gasteiger partial charge < -0.3 is 4.90 Å². The molecule has 1 unspecified atom stereocenters. The topological polar surface area (TPSA) is 45.2 Å². The minimum Gasteiger partial charge on any atom is -0.353 e. The minimum atomic E-state index is 0.377. The summed E-state index contributed by atoms with van der Waals surface area (Å²) in [5.74, 6) is 0.860. The number of piperazine rings is 1. The van der Waals surface area contributed by atoms with Gasteiger partial charge in [0.25, 0.3) is 0 Å². The number of anilines is 1. The van der Waals surface area contributed by atoms with E-state index in [-0.39, 0.29) is 0 Å². The molecule has 106 valence electrons. The molecule has 1 aliphatic heterocycles. The number of halogens is 1. The lowest BCUT2D eigenvalue weighted by Gasteiger charge is -2.37. The average Bonchev–Trinajstić information content (AvgIpc) is 3.01. The standard InChI is InChI=1S/C13H16ClN5S/c1-10(13-16-2-7-20-13)18-3-5-19(6-4-18)12-9-15-8-11(14)17-12/h2,7-10H,3-6H2,1H3. The molecule has 0 bridgehead atoms. The molecule has 0 amide bonds. The molecule has 1 aliphatic rings. The number of hydrogen-bond donors (Lipinski definition) is 0. The van der Waals surface area contributed by atoms with Crippen molar-refractivity contribution in [2.75, 3.05) is 31.1 Å². The molecule has 20 heavy (non-hydrogen) atoms. The predicted octanol–water partition coefficient (Wildman–Crippen LogP) is 2.47. The highest BCUT2D eigenvalue weighted by Gasteiger charge is 2.24. The lowest BCUT2D eigenvalue weighted by molar-refractivity contribution is 0.198. The summed E-state index contributed by atoms with van der Waals surface area (Å²) >= 11 is 7.61. The zero-order chi connectivity index (χ0) is 13.9. The van der Waals surface area contributed by atoms with E-state index in [1.807, 2.05) is 11.6 Å². The van der Waals surface area contributed by atoms with Crippen molar-refractivity contribution in [1.82, 2.24) is 19.9 Å². The van der Waals surface area contributed by atoms with Crippen molar-refractivity contribution in [3.8, 4) is 0 Å². The lowest BCUT2D eigenvalue weighted by Crippen LogP contribution is -2.47. The van der Waals surface area contributed by atoms with Gasteiger partial charge in [-0.3, -0.25) is 9.88 Å². The van der Waals surface area contributed by atoms with Gasteiger partial charge in [0.1, 0.15) is 16.0 Å². The van der Waals surface area contributed by atoms with E-state index in [4.69, 9.17) is 11.6 Å². The monoisotopic (exact) mass is 309 g/mol. The SMILES string of the molecule is CC(c1nccs1)N1CCN(c2cncc(Cl)n2)CC1. The maximum absolute atomic E-state index is 5.89. The van der Waals surface area contributed by atoms with Crippen molar-refractivity contribution >= 4 is 28.8 Å². The first-order valence-corrected chi connectivity index (χ1v) is 7.86. The molecule has 1 atom stereocenters. The molecule has 0 aromatic carbocycles. The molecule has 7 heteroatoms. The molecule has 0 aliphatic carbocycles. The Kier molecular flexibility index (Phi) is 4.14. The highest BCUT2D eigenvalue weighted by atomic mass is 35.5. The zero-order valence-corrected chi connectivity index (χ0v) is 12.8. The summed E-state index contributed by atoms with van der Waals surface area (Å²) in [7, 11) is 0. The number of rotatable bonds is 3. The molecule has 1 saturated heterocycles. The number of aromatic nitrogens is 3. The van der Waals surface area contributed by atoms with Crippen LogP contribution in [0.3, 0.4) is 0 Å². The fourth-order valence-corrected chi connectivity index (χ4v) is 3.29. The van der Waals surface area contributed by atoms with E-state index in [1.165, 1.54) is 5.01 Å². The molecule has 1 fully saturated rings. The van der Waals surface area contributed by atoms with E-state index < -0.39 is 0 Å². The summed E-state index contributed by atoms with van der Waals surface area (Å²) < 4.78 is 0. The molecule has 5 nitrogen and oxygen atoms in total. The molecule has 2 aromatic heterocycles. The quantitative estimate of drug-likeness (QED) is 0.871. The van der Waals surface area contributed by atoms with E-state index in [0.29, 0.717) is 11.2 Å². The van der Waals surface area contributed by atoms with Gasteiger partial charge in [0, 0.05) is 37.8 Å². The maximum atomic E-state index is 5.89. The van der Waals surface area contributed by atoms with Crippen LogP contribution in [0, 0.1) is 0 Å². The van der Waals surface area contributed by atoms with E-state index >= 15 is 0 Å². The van der Waals surface area contributed by atoms with Gasteiger partial charge in [-0.05, 0) is 6.92 Å². The third-order valence-electron chi connectivity index (χ3n) is 3.59. The number of hydrogen-bond acceptors (Lipinski definition) is 6. The Morgan fingerprint density at radius 1 is 1.25 bits per heavy atom. The summed E-state index contributed by atoms with van der Waals surface area (Å²) in [6.45, 7) is 6.08. The van der Waals surface area contributed by atoms with Gasteiger partial charge in [0.2, 0.25) is 0 Å². The van der Waals surface area contributed by atoms with E-state index in [9.17, 15) is 0 Å². The molecule has 0 spiro atoms. The van der Waals surface area contributed by atoms with Crippen LogP contribution in [0.1, 0.15) is 18.0 Å². The Morgan fingerprint density at radius 2 is 2.05 bits per heavy atom. The van der Waals surface area contributed by atoms with E-state index in [2.05, 4.69) is 31.7 Å². The van der Waals surface area contributed by atoms with Gasteiger partial charge in [-0.25, -0.2) is 9.97 Å². The van der Waals surface area contributed by atoms with Crippen molar-refractivity contribution in [3.63, 3.8) is 0 Å². The second kappa shape index (κ2) is 6.03. The molecular weight excluding hydrogens is 294 g/mol. The summed E-state index contributed by atoms with van der Waals surface area (Å²) in [5, 5.41) is 3.66. The van der Waals surface area contributed by atoms with E-state index in [1.54, 1.807) is 23.7 Å². The fraction of sp³-hybridized carbons (Fsp3) is 0.462. The Morgan fingerprint density at radius 3 is 2.70 bits per heavy atom. The third kappa shape index (κ3) is 2.92. The second-order valence-corrected chi connectivity index (χ2v) is 6.08. The van der Waals surface area contributed by atoms with Crippen molar-refractivity contribution in [2.45, 2.75) is 13.0 Å². The Bertz CT molecular complexity index is 554. The molecule has 0 N–H and O–H groups in total. The van der Waals surface area contributed by atoms with Crippen LogP contribution in [0.2, 0.25) is 5.15 Å². The normalized spacial score (nSPS) is 18.2. The van der Waals surface area contributed by atoms with E-state index in [0.717, 1.165) is 32.0 Å². The summed E-state index contributed by atoms with van der Waals surface area (Å²) in [6.07, 6.45) is 5.20. The first kappa shape index (κ1) is 13.7. The van der Waals surface area contributed by atoms with Crippen LogP contribution in [0.4, 0.5) is 5.82 Å². The van der Waals surface area contributed by atoms with Crippen LogP contribution in [0.15, 0.2) is 24.0 Å². The van der Waals surface area contributed by atoms with Crippen molar-refractivity contribution < 1.29 is 0 Å². The molecular formula is C13H16ClN5S. The van der Waals surface area contributed by atoms with Gasteiger partial charge in [-0.15, -0.1) is 11.3 Å². The van der Waals surface area contributed by atoms with Gasteiger partial charge in [-0.2, -0.15) is 0 Å². The first-order valence-electron chi connectivity index (χ1n) is 6.60. The van der Waals surface area contributed by atoms with Gasteiger partial charge in [0.05, 0.1) is 18.4 Å². The summed E-state index contributed by atoms with van der Waals surface area (Å²) in [5.41, 5.74) is 0. The number of thiazole rings is 1. The fourth-order valence-electron chi connectivity index (χ4n) is 2.42. The highest BCUT2D eigenvalue weighted by Crippen LogP contribution is 2.24. The number of nitrogens with zero attached hydrogens (tertiary/aromatic N) is 5. The maximum Gasteiger partial charge on any atom is 0.149 e. The smallest absolute Gasteiger partial charge is 0.149 e. The van der Waals surface area contributed by atoms with Crippen LogP contribution in [-0.2, 0) is 0 Å². The van der Waals surface area contributed by atoms with Gasteiger partial charge >= 0.3 is 0 Å². The zero-order valence-electron chi connectivity index (χ0n) is 11.2. The lowest BCUT2D eigenvalue weighted by atomic mass is 10.2. The van der Waals surface area contributed by atoms with Crippen molar-refractivity contribution in [3.05, 3.63) is 34.1 Å². The average molecular weight is 310 g/mol. The molecule has 3 heterocycles. The summed E-state index contributed by atoms with van der Waals surface area (Å²) in [6, 6.07) is 0.377. The third-order valence-corrected chi connectivity index (χ3v) is 4.72. The second-order valence-electron chi connectivity index (χ2n) is 4.77. The molecule has 0 saturated carbocycles. The Labute approximate surface area is 127 Å². The Hall–Kier alpha value is -1.24. The summed E-state index contributed by atoms with van der Waals surface area (Å²) in [4.78, 5) is 17.5. The van der Waals surface area contributed by atoms with Crippen molar-refractivity contribution in [1.29, 1.82) is 0 Å². The van der Waals surface area contributed by atoms with Crippen LogP contribution >= 0.6 is 22.9 Å². The molecule has 2 aromatic rings. The first-order chi connectivity index (χ1) is 9.74. The van der Waals surface area contributed by atoms with Gasteiger partial charge in [0.15, 0.2) is 0 Å². The molecule has 3 rings (SSSR count). The minimum absolute atomic E-state index is 0.377. The van der Waals surface area contributed by atoms with Crippen molar-refractivity contribution in [2.24, 2.45) is 0 Å². The largest absolute Gasteiger partial charge is 0.353 e. The van der Waals surface area contributed by atoms with Crippen LogP contribution in [-0.4, -0.2) is 46.0 Å². The van der Waals surface area contributed by atoms with Crippen LogP contribution < -0.4 is 4.90 Å².